The topological polar surface area (TPSA) is 26.3 Å². The predicted molar refractivity (Wildman–Crippen MR) is 70.7 cm³/mol. The second-order valence-electron chi connectivity index (χ2n) is 3.61. The van der Waals surface area contributed by atoms with Gasteiger partial charge in [-0.2, -0.15) is 0 Å². The van der Waals surface area contributed by atoms with Gasteiger partial charge in [0.25, 0.3) is 0 Å². The zero-order valence-corrected chi connectivity index (χ0v) is 10.9. The molecule has 0 heterocycles. The zero-order chi connectivity index (χ0) is 12.3. The fourth-order valence-electron chi connectivity index (χ4n) is 1.50. The van der Waals surface area contributed by atoms with Crippen LogP contribution in [0, 0.1) is 0 Å². The number of halogens is 1. The summed E-state index contributed by atoms with van der Waals surface area (Å²) in [6.45, 7) is 1.53. The quantitative estimate of drug-likeness (QED) is 0.781. The summed E-state index contributed by atoms with van der Waals surface area (Å²) in [7, 11) is 0. The lowest BCUT2D eigenvalue weighted by molar-refractivity contribution is 0.101. The molecule has 0 N–H and O–H groups in total. The molecule has 2 nitrogen and oxygen atoms in total. The third kappa shape index (κ3) is 2.94. The second-order valence-corrected chi connectivity index (χ2v) is 4.53. The van der Waals surface area contributed by atoms with Crippen LogP contribution in [0.3, 0.4) is 0 Å². The fourth-order valence-corrected chi connectivity index (χ4v) is 1.88. The molecule has 86 valence electrons. The summed E-state index contributed by atoms with van der Waals surface area (Å²) >= 11 is 3.38. The van der Waals surface area contributed by atoms with Crippen molar-refractivity contribution in [2.75, 3.05) is 0 Å². The normalized spacial score (nSPS) is 10.0. The lowest BCUT2D eigenvalue weighted by Gasteiger charge is -2.09. The van der Waals surface area contributed by atoms with E-state index in [0.717, 1.165) is 4.47 Å². The summed E-state index contributed by atoms with van der Waals surface area (Å²) in [5.74, 6) is 1.28. The maximum atomic E-state index is 11.4. The van der Waals surface area contributed by atoms with Crippen LogP contribution < -0.4 is 4.74 Å². The standard InChI is InChI=1S/C14H11BrO2/c1-10(16)13-7-2-3-8-14(13)17-12-6-4-5-11(15)9-12/h2-9H,1H3. The molecule has 0 spiro atoms. The largest absolute Gasteiger partial charge is 0.457 e. The summed E-state index contributed by atoms with van der Waals surface area (Å²) in [5, 5.41) is 0. The minimum atomic E-state index is -0.00408. The average molecular weight is 291 g/mol. The molecule has 0 atom stereocenters. The lowest BCUT2D eigenvalue weighted by Crippen LogP contribution is -1.96. The lowest BCUT2D eigenvalue weighted by atomic mass is 10.1. The summed E-state index contributed by atoms with van der Waals surface area (Å²) < 4.78 is 6.64. The molecule has 0 radical (unpaired) electrons. The van der Waals surface area contributed by atoms with Crippen LogP contribution in [0.25, 0.3) is 0 Å². The van der Waals surface area contributed by atoms with Gasteiger partial charge in [-0.3, -0.25) is 4.79 Å². The van der Waals surface area contributed by atoms with Gasteiger partial charge < -0.3 is 4.74 Å². The van der Waals surface area contributed by atoms with Crippen LogP contribution in [0.4, 0.5) is 0 Å². The molecular formula is C14H11BrO2. The molecule has 2 aromatic carbocycles. The Morgan fingerprint density at radius 2 is 1.88 bits per heavy atom. The van der Waals surface area contributed by atoms with Gasteiger partial charge in [-0.1, -0.05) is 34.1 Å². The van der Waals surface area contributed by atoms with Gasteiger partial charge in [0.1, 0.15) is 11.5 Å². The smallest absolute Gasteiger partial charge is 0.163 e. The minimum absolute atomic E-state index is 0.00408. The van der Waals surface area contributed by atoms with E-state index in [1.165, 1.54) is 6.92 Å². The number of carbonyl (C=O) groups is 1. The van der Waals surface area contributed by atoms with E-state index >= 15 is 0 Å². The molecule has 0 aliphatic heterocycles. The van der Waals surface area contributed by atoms with Crippen molar-refractivity contribution in [3.8, 4) is 11.5 Å². The molecule has 2 aromatic rings. The van der Waals surface area contributed by atoms with Gasteiger partial charge in [0.05, 0.1) is 5.56 Å². The van der Waals surface area contributed by atoms with Gasteiger partial charge in [0.15, 0.2) is 5.78 Å². The van der Waals surface area contributed by atoms with E-state index in [-0.39, 0.29) is 5.78 Å². The molecule has 2 rings (SSSR count). The monoisotopic (exact) mass is 290 g/mol. The Morgan fingerprint density at radius 3 is 2.59 bits per heavy atom. The van der Waals surface area contributed by atoms with Gasteiger partial charge in [-0.25, -0.2) is 0 Å². The van der Waals surface area contributed by atoms with Crippen LogP contribution >= 0.6 is 15.9 Å². The Morgan fingerprint density at radius 1 is 1.12 bits per heavy atom. The first-order valence-electron chi connectivity index (χ1n) is 5.20. The molecular weight excluding hydrogens is 280 g/mol. The highest BCUT2D eigenvalue weighted by atomic mass is 79.9. The average Bonchev–Trinajstić information content (AvgIpc) is 2.29. The van der Waals surface area contributed by atoms with Crippen molar-refractivity contribution < 1.29 is 9.53 Å². The number of Topliss-reactive ketones (excluding diaryl/α,β-unsaturated/α-hetero) is 1. The Bertz CT molecular complexity index is 549. The zero-order valence-electron chi connectivity index (χ0n) is 9.31. The van der Waals surface area contributed by atoms with Gasteiger partial charge >= 0.3 is 0 Å². The van der Waals surface area contributed by atoms with Gasteiger partial charge in [-0.15, -0.1) is 0 Å². The number of carbonyl (C=O) groups excluding carboxylic acids is 1. The summed E-state index contributed by atoms with van der Waals surface area (Å²) in [6, 6.07) is 14.7. The molecule has 0 amide bonds. The van der Waals surface area contributed by atoms with Crippen molar-refractivity contribution in [1.29, 1.82) is 0 Å². The molecule has 17 heavy (non-hydrogen) atoms. The highest BCUT2D eigenvalue weighted by molar-refractivity contribution is 9.10. The number of ether oxygens (including phenoxy) is 1. The van der Waals surface area contributed by atoms with Gasteiger partial charge in [-0.05, 0) is 37.3 Å². The van der Waals surface area contributed by atoms with E-state index < -0.39 is 0 Å². The van der Waals surface area contributed by atoms with Gasteiger partial charge in [0, 0.05) is 4.47 Å². The first-order valence-corrected chi connectivity index (χ1v) is 5.99. The van der Waals surface area contributed by atoms with E-state index in [1.54, 1.807) is 12.1 Å². The van der Waals surface area contributed by atoms with E-state index in [2.05, 4.69) is 15.9 Å². The maximum absolute atomic E-state index is 11.4. The third-order valence-corrected chi connectivity index (χ3v) is 2.78. The Labute approximate surface area is 108 Å². The van der Waals surface area contributed by atoms with Crippen LogP contribution in [-0.4, -0.2) is 5.78 Å². The minimum Gasteiger partial charge on any atom is -0.457 e. The molecule has 0 bridgehead atoms. The molecule has 0 saturated carbocycles. The van der Waals surface area contributed by atoms with Crippen molar-refractivity contribution in [1.82, 2.24) is 0 Å². The highest BCUT2D eigenvalue weighted by Crippen LogP contribution is 2.27. The number of ketones is 1. The fraction of sp³-hybridized carbons (Fsp3) is 0.0714. The summed E-state index contributed by atoms with van der Waals surface area (Å²) in [6.07, 6.45) is 0. The van der Waals surface area contributed by atoms with Crippen molar-refractivity contribution >= 4 is 21.7 Å². The first-order chi connectivity index (χ1) is 8.16. The number of rotatable bonds is 3. The SMILES string of the molecule is CC(=O)c1ccccc1Oc1cccc(Br)c1. The van der Waals surface area contributed by atoms with E-state index in [0.29, 0.717) is 17.1 Å². The van der Waals surface area contributed by atoms with Crippen molar-refractivity contribution in [3.63, 3.8) is 0 Å². The summed E-state index contributed by atoms with van der Waals surface area (Å²) in [5.41, 5.74) is 0.590. The molecule has 0 saturated heterocycles. The highest BCUT2D eigenvalue weighted by Gasteiger charge is 2.08. The second kappa shape index (κ2) is 5.15. The van der Waals surface area contributed by atoms with Crippen LogP contribution in [-0.2, 0) is 0 Å². The molecule has 0 unspecified atom stereocenters. The van der Waals surface area contributed by atoms with Crippen molar-refractivity contribution in [2.45, 2.75) is 6.92 Å². The van der Waals surface area contributed by atoms with Crippen molar-refractivity contribution in [3.05, 3.63) is 58.6 Å². The molecule has 0 aromatic heterocycles. The Balaban J connectivity index is 2.33. The van der Waals surface area contributed by atoms with E-state index in [9.17, 15) is 4.79 Å². The number of para-hydroxylation sites is 1. The number of benzene rings is 2. The Kier molecular flexibility index (Phi) is 3.59. The van der Waals surface area contributed by atoms with E-state index in [4.69, 9.17) is 4.74 Å². The Hall–Kier alpha value is -1.61. The van der Waals surface area contributed by atoms with Crippen molar-refractivity contribution in [2.24, 2.45) is 0 Å². The molecule has 0 aliphatic carbocycles. The summed E-state index contributed by atoms with van der Waals surface area (Å²) in [4.78, 5) is 11.4. The van der Waals surface area contributed by atoms with Crippen LogP contribution in [0.1, 0.15) is 17.3 Å². The maximum Gasteiger partial charge on any atom is 0.163 e. The van der Waals surface area contributed by atoms with Gasteiger partial charge in [0.2, 0.25) is 0 Å². The van der Waals surface area contributed by atoms with Crippen LogP contribution in [0.15, 0.2) is 53.0 Å². The first kappa shape index (κ1) is 11.9. The van der Waals surface area contributed by atoms with Crippen LogP contribution in [0.2, 0.25) is 0 Å². The number of hydrogen-bond acceptors (Lipinski definition) is 2. The number of hydrogen-bond donors (Lipinski definition) is 0. The molecule has 0 fully saturated rings. The molecule has 3 heteroatoms. The van der Waals surface area contributed by atoms with Crippen LogP contribution in [0.5, 0.6) is 11.5 Å². The molecule has 0 aliphatic rings. The van der Waals surface area contributed by atoms with E-state index in [1.807, 2.05) is 36.4 Å². The predicted octanol–water partition coefficient (Wildman–Crippen LogP) is 4.44. The third-order valence-electron chi connectivity index (χ3n) is 2.29.